The second kappa shape index (κ2) is 7.69. The largest absolute Gasteiger partial charge is 0.317 e. The molecule has 0 aromatic carbocycles. The van der Waals surface area contributed by atoms with Crippen molar-refractivity contribution in [3.8, 4) is 0 Å². The summed E-state index contributed by atoms with van der Waals surface area (Å²) in [4.78, 5) is 1.07. The molecule has 21 heavy (non-hydrogen) atoms. The van der Waals surface area contributed by atoms with E-state index in [1.165, 1.54) is 4.31 Å². The van der Waals surface area contributed by atoms with Crippen LogP contribution in [0.25, 0.3) is 0 Å². The molecule has 1 aliphatic heterocycles. The quantitative estimate of drug-likeness (QED) is 0.828. The maximum atomic E-state index is 12.7. The molecule has 1 N–H and O–H groups in total. The third-order valence-corrected chi connectivity index (χ3v) is 6.61. The zero-order valence-electron chi connectivity index (χ0n) is 12.8. The molecule has 0 aliphatic carbocycles. The highest BCUT2D eigenvalue weighted by atomic mass is 32.2. The molecule has 2 rings (SSSR count). The Hall–Kier alpha value is -0.470. The monoisotopic (exact) mass is 331 g/mol. The number of rotatable bonds is 7. The molecule has 1 aliphatic rings. The van der Waals surface area contributed by atoms with Crippen molar-refractivity contribution < 1.29 is 8.42 Å². The van der Waals surface area contributed by atoms with E-state index < -0.39 is 10.2 Å². The van der Waals surface area contributed by atoms with Gasteiger partial charge in [0.2, 0.25) is 0 Å². The van der Waals surface area contributed by atoms with Crippen LogP contribution in [-0.2, 0) is 16.8 Å². The Labute approximate surface area is 132 Å². The molecule has 1 atom stereocenters. The Morgan fingerprint density at radius 1 is 1.52 bits per heavy atom. The van der Waals surface area contributed by atoms with Gasteiger partial charge in [-0.1, -0.05) is 13.0 Å². The van der Waals surface area contributed by atoms with E-state index in [4.69, 9.17) is 0 Å². The van der Waals surface area contributed by atoms with E-state index in [1.807, 2.05) is 17.5 Å². The molecule has 7 heteroatoms. The van der Waals surface area contributed by atoms with Crippen molar-refractivity contribution in [1.82, 2.24) is 13.9 Å². The van der Waals surface area contributed by atoms with Gasteiger partial charge in [-0.15, -0.1) is 11.3 Å². The van der Waals surface area contributed by atoms with Gasteiger partial charge in [0, 0.05) is 31.6 Å². The van der Waals surface area contributed by atoms with Gasteiger partial charge in [0.05, 0.1) is 0 Å². The van der Waals surface area contributed by atoms with E-state index in [2.05, 4.69) is 12.2 Å². The van der Waals surface area contributed by atoms with E-state index in [0.29, 0.717) is 25.6 Å². The van der Waals surface area contributed by atoms with Crippen LogP contribution in [0.15, 0.2) is 17.5 Å². The number of nitrogens with zero attached hydrogens (tertiary/aromatic N) is 2. The van der Waals surface area contributed by atoms with Crippen molar-refractivity contribution in [2.75, 3.05) is 33.2 Å². The lowest BCUT2D eigenvalue weighted by atomic mass is 10.00. The number of thiophene rings is 1. The topological polar surface area (TPSA) is 52.7 Å². The molecule has 5 nitrogen and oxygen atoms in total. The van der Waals surface area contributed by atoms with Crippen molar-refractivity contribution in [3.63, 3.8) is 0 Å². The van der Waals surface area contributed by atoms with Gasteiger partial charge >= 0.3 is 0 Å². The first-order chi connectivity index (χ1) is 10.0. The summed E-state index contributed by atoms with van der Waals surface area (Å²) in [6, 6.07) is 3.93. The van der Waals surface area contributed by atoms with Crippen molar-refractivity contribution in [2.24, 2.45) is 5.92 Å². The van der Waals surface area contributed by atoms with Gasteiger partial charge in [-0.25, -0.2) is 0 Å². The minimum absolute atomic E-state index is 0.420. The summed E-state index contributed by atoms with van der Waals surface area (Å²) in [7, 11) is -1.68. The van der Waals surface area contributed by atoms with Gasteiger partial charge in [0.15, 0.2) is 0 Å². The Morgan fingerprint density at radius 3 is 3.00 bits per heavy atom. The minimum atomic E-state index is -3.35. The van der Waals surface area contributed by atoms with Crippen LogP contribution < -0.4 is 5.32 Å². The summed E-state index contributed by atoms with van der Waals surface area (Å²) in [5.74, 6) is 0.420. The van der Waals surface area contributed by atoms with Gasteiger partial charge in [-0.3, -0.25) is 0 Å². The summed E-state index contributed by atoms with van der Waals surface area (Å²) >= 11 is 1.59. The summed E-state index contributed by atoms with van der Waals surface area (Å²) < 4.78 is 28.4. The zero-order chi connectivity index (χ0) is 15.3. The van der Waals surface area contributed by atoms with Gasteiger partial charge in [0.1, 0.15) is 0 Å². The summed E-state index contributed by atoms with van der Waals surface area (Å²) in [5, 5.41) is 5.30. The van der Waals surface area contributed by atoms with Crippen LogP contribution in [0.4, 0.5) is 0 Å². The summed E-state index contributed by atoms with van der Waals surface area (Å²) in [6.07, 6.45) is 2.05. The molecule has 0 radical (unpaired) electrons. The van der Waals surface area contributed by atoms with Crippen LogP contribution in [-0.4, -0.2) is 50.3 Å². The number of nitrogens with one attached hydrogen (secondary N) is 1. The maximum Gasteiger partial charge on any atom is 0.282 e. The predicted molar refractivity (Wildman–Crippen MR) is 87.5 cm³/mol. The van der Waals surface area contributed by atoms with Crippen LogP contribution in [0.2, 0.25) is 0 Å². The molecule has 2 heterocycles. The van der Waals surface area contributed by atoms with E-state index in [9.17, 15) is 8.42 Å². The van der Waals surface area contributed by atoms with E-state index >= 15 is 0 Å². The fourth-order valence-corrected chi connectivity index (χ4v) is 4.95. The molecule has 0 saturated carbocycles. The van der Waals surface area contributed by atoms with Crippen LogP contribution >= 0.6 is 11.3 Å². The molecule has 1 saturated heterocycles. The lowest BCUT2D eigenvalue weighted by Crippen LogP contribution is -2.47. The highest BCUT2D eigenvalue weighted by Gasteiger charge is 2.31. The molecule has 1 aromatic rings. The third kappa shape index (κ3) is 4.50. The predicted octanol–water partition coefficient (Wildman–Crippen LogP) is 1.75. The first-order valence-corrected chi connectivity index (χ1v) is 9.76. The second-order valence-corrected chi connectivity index (χ2v) is 8.58. The highest BCUT2D eigenvalue weighted by molar-refractivity contribution is 7.86. The van der Waals surface area contributed by atoms with Crippen LogP contribution in [0.3, 0.4) is 0 Å². The van der Waals surface area contributed by atoms with Crippen LogP contribution in [0.5, 0.6) is 0 Å². The minimum Gasteiger partial charge on any atom is -0.317 e. The van der Waals surface area contributed by atoms with Gasteiger partial charge in [-0.05, 0) is 43.3 Å². The third-order valence-electron chi connectivity index (χ3n) is 3.84. The second-order valence-electron chi connectivity index (χ2n) is 5.52. The lowest BCUT2D eigenvalue weighted by molar-refractivity contribution is 0.246. The van der Waals surface area contributed by atoms with Crippen molar-refractivity contribution in [2.45, 2.75) is 26.3 Å². The maximum absolute atomic E-state index is 12.7. The number of hydrogen-bond acceptors (Lipinski definition) is 4. The zero-order valence-corrected chi connectivity index (χ0v) is 14.4. The summed E-state index contributed by atoms with van der Waals surface area (Å²) in [6.45, 7) is 5.63. The first kappa shape index (κ1) is 16.9. The van der Waals surface area contributed by atoms with Crippen LogP contribution in [0.1, 0.15) is 24.6 Å². The highest BCUT2D eigenvalue weighted by Crippen LogP contribution is 2.22. The SMILES string of the molecule is CCNCC1CCCN(S(=O)(=O)N(C)Cc2cccs2)C1. The average Bonchev–Trinajstić information content (AvgIpc) is 2.98. The van der Waals surface area contributed by atoms with Gasteiger partial charge in [-0.2, -0.15) is 17.0 Å². The summed E-state index contributed by atoms with van der Waals surface area (Å²) in [5.41, 5.74) is 0. The molecule has 1 fully saturated rings. The lowest BCUT2D eigenvalue weighted by Gasteiger charge is -2.34. The Balaban J connectivity index is 1.97. The smallest absolute Gasteiger partial charge is 0.282 e. The molecule has 1 aromatic heterocycles. The van der Waals surface area contributed by atoms with Crippen molar-refractivity contribution >= 4 is 21.5 Å². The van der Waals surface area contributed by atoms with Crippen molar-refractivity contribution in [3.05, 3.63) is 22.4 Å². The Bertz CT molecular complexity index is 516. The number of piperidine rings is 1. The van der Waals surface area contributed by atoms with E-state index in [1.54, 1.807) is 22.7 Å². The molecule has 120 valence electrons. The Morgan fingerprint density at radius 2 is 2.33 bits per heavy atom. The standard InChI is InChI=1S/C14H25N3O2S2/c1-3-15-10-13-6-4-8-17(11-13)21(18,19)16(2)12-14-7-5-9-20-14/h5,7,9,13,15H,3-4,6,8,10-12H2,1-2H3. The first-order valence-electron chi connectivity index (χ1n) is 7.48. The molecule has 0 amide bonds. The average molecular weight is 332 g/mol. The fourth-order valence-electron chi connectivity index (χ4n) is 2.65. The molecular formula is C14H25N3O2S2. The van der Waals surface area contributed by atoms with Crippen LogP contribution in [0, 0.1) is 5.92 Å². The number of hydrogen-bond donors (Lipinski definition) is 1. The molecule has 1 unspecified atom stereocenters. The van der Waals surface area contributed by atoms with E-state index in [0.717, 1.165) is 30.8 Å². The molecule has 0 spiro atoms. The van der Waals surface area contributed by atoms with Gasteiger partial charge in [0.25, 0.3) is 10.2 Å². The fraction of sp³-hybridized carbons (Fsp3) is 0.714. The molecular weight excluding hydrogens is 306 g/mol. The molecule has 0 bridgehead atoms. The van der Waals surface area contributed by atoms with Gasteiger partial charge < -0.3 is 5.32 Å². The van der Waals surface area contributed by atoms with Crippen molar-refractivity contribution in [1.29, 1.82) is 0 Å². The Kier molecular flexibility index (Phi) is 6.19. The normalized spacial score (nSPS) is 21.0. The van der Waals surface area contributed by atoms with E-state index in [-0.39, 0.29) is 0 Å².